The third kappa shape index (κ3) is 4.99. The van der Waals surface area contributed by atoms with Crippen LogP contribution in [0.4, 0.5) is 0 Å². The van der Waals surface area contributed by atoms with Crippen molar-refractivity contribution in [1.82, 2.24) is 10.3 Å². The largest absolute Gasteiger partial charge is 0.492 e. The zero-order valence-corrected chi connectivity index (χ0v) is 13.6. The molecule has 118 valence electrons. The van der Waals surface area contributed by atoms with Crippen molar-refractivity contribution in [1.29, 1.82) is 0 Å². The van der Waals surface area contributed by atoms with Gasteiger partial charge in [0.25, 0.3) is 0 Å². The Morgan fingerprint density at radius 3 is 2.57 bits per heavy atom. The number of hydrogen-bond acceptors (Lipinski definition) is 3. The van der Waals surface area contributed by atoms with E-state index < -0.39 is 0 Å². The predicted octanol–water partition coefficient (Wildman–Crippen LogP) is 4.49. The second-order valence-electron chi connectivity index (χ2n) is 6.17. The molecule has 0 radical (unpaired) electrons. The highest BCUT2D eigenvalue weighted by Crippen LogP contribution is 2.33. The summed E-state index contributed by atoms with van der Waals surface area (Å²) in [6, 6.07) is 2.57. The van der Waals surface area contributed by atoms with Gasteiger partial charge in [-0.25, -0.2) is 0 Å². The summed E-state index contributed by atoms with van der Waals surface area (Å²) in [6.07, 6.45) is 14.4. The topological polar surface area (TPSA) is 34.1 Å². The lowest BCUT2D eigenvalue weighted by Gasteiger charge is -2.29. The molecule has 21 heavy (non-hydrogen) atoms. The highest BCUT2D eigenvalue weighted by molar-refractivity contribution is 5.26. The van der Waals surface area contributed by atoms with E-state index in [1.165, 1.54) is 50.5 Å². The number of nitrogens with zero attached hydrogens (tertiary/aromatic N) is 1. The van der Waals surface area contributed by atoms with E-state index in [9.17, 15) is 0 Å². The van der Waals surface area contributed by atoms with Crippen molar-refractivity contribution in [2.75, 3.05) is 13.7 Å². The number of rotatable bonds is 6. The van der Waals surface area contributed by atoms with Gasteiger partial charge in [-0.1, -0.05) is 39.0 Å². The lowest BCUT2D eigenvalue weighted by molar-refractivity contribution is 0.294. The normalized spacial score (nSPS) is 18.8. The fraction of sp³-hybridized carbons (Fsp3) is 0.722. The second-order valence-corrected chi connectivity index (χ2v) is 6.17. The van der Waals surface area contributed by atoms with E-state index in [0.29, 0.717) is 6.04 Å². The van der Waals surface area contributed by atoms with Crippen LogP contribution in [0.2, 0.25) is 0 Å². The SMILES string of the molecule is CCCOc1cncc(C(NC)C2CCCCCCC2)c1. The number of aromatic nitrogens is 1. The summed E-state index contributed by atoms with van der Waals surface area (Å²) in [6.45, 7) is 2.89. The fourth-order valence-electron chi connectivity index (χ4n) is 3.40. The Morgan fingerprint density at radius 1 is 1.19 bits per heavy atom. The number of nitrogens with one attached hydrogen (secondary N) is 1. The molecule has 0 aromatic carbocycles. The maximum absolute atomic E-state index is 5.73. The summed E-state index contributed by atoms with van der Waals surface area (Å²) in [5, 5.41) is 3.52. The summed E-state index contributed by atoms with van der Waals surface area (Å²) in [5.74, 6) is 1.62. The van der Waals surface area contributed by atoms with E-state index in [-0.39, 0.29) is 0 Å². The molecule has 1 aromatic rings. The summed E-state index contributed by atoms with van der Waals surface area (Å²) >= 11 is 0. The number of pyridine rings is 1. The minimum Gasteiger partial charge on any atom is -0.492 e. The molecule has 0 saturated heterocycles. The highest BCUT2D eigenvalue weighted by Gasteiger charge is 2.23. The van der Waals surface area contributed by atoms with E-state index in [2.05, 4.69) is 30.3 Å². The zero-order chi connectivity index (χ0) is 14.9. The molecule has 1 saturated carbocycles. The van der Waals surface area contributed by atoms with Crippen molar-refractivity contribution >= 4 is 0 Å². The Bertz CT molecular complexity index is 400. The Hall–Kier alpha value is -1.09. The monoisotopic (exact) mass is 290 g/mol. The second kappa shape index (κ2) is 9.04. The first-order chi connectivity index (χ1) is 10.3. The molecular weight excluding hydrogens is 260 g/mol. The first-order valence-corrected chi connectivity index (χ1v) is 8.60. The molecule has 0 spiro atoms. The molecule has 1 atom stereocenters. The maximum Gasteiger partial charge on any atom is 0.137 e. The van der Waals surface area contributed by atoms with Crippen molar-refractivity contribution in [3.05, 3.63) is 24.0 Å². The molecule has 0 bridgehead atoms. The van der Waals surface area contributed by atoms with Crippen LogP contribution in [0.5, 0.6) is 5.75 Å². The number of hydrogen-bond donors (Lipinski definition) is 1. The van der Waals surface area contributed by atoms with E-state index in [4.69, 9.17) is 4.74 Å². The highest BCUT2D eigenvalue weighted by atomic mass is 16.5. The lowest BCUT2D eigenvalue weighted by atomic mass is 9.83. The van der Waals surface area contributed by atoms with Crippen LogP contribution in [-0.2, 0) is 0 Å². The first kappa shape index (κ1) is 16.3. The number of ether oxygens (including phenoxy) is 1. The molecule has 2 rings (SSSR count). The molecule has 1 N–H and O–H groups in total. The summed E-state index contributed by atoms with van der Waals surface area (Å²) < 4.78 is 5.73. The lowest BCUT2D eigenvalue weighted by Crippen LogP contribution is -2.26. The van der Waals surface area contributed by atoms with Gasteiger partial charge in [-0.2, -0.15) is 0 Å². The Balaban J connectivity index is 2.07. The van der Waals surface area contributed by atoms with Gasteiger partial charge in [0.05, 0.1) is 12.8 Å². The Labute approximate surface area is 129 Å². The van der Waals surface area contributed by atoms with Crippen molar-refractivity contribution < 1.29 is 4.74 Å². The van der Waals surface area contributed by atoms with E-state index in [0.717, 1.165) is 24.7 Å². The van der Waals surface area contributed by atoms with Gasteiger partial charge in [-0.15, -0.1) is 0 Å². The van der Waals surface area contributed by atoms with Crippen LogP contribution in [0, 0.1) is 5.92 Å². The van der Waals surface area contributed by atoms with Gasteiger partial charge < -0.3 is 10.1 Å². The molecule has 0 aliphatic heterocycles. The first-order valence-electron chi connectivity index (χ1n) is 8.60. The van der Waals surface area contributed by atoms with Crippen LogP contribution in [0.1, 0.15) is 69.9 Å². The minimum atomic E-state index is 0.403. The quantitative estimate of drug-likeness (QED) is 0.838. The molecule has 1 fully saturated rings. The molecule has 1 aliphatic carbocycles. The molecule has 1 aliphatic rings. The van der Waals surface area contributed by atoms with Crippen molar-refractivity contribution in [2.45, 2.75) is 64.3 Å². The molecule has 1 unspecified atom stereocenters. The van der Waals surface area contributed by atoms with Crippen molar-refractivity contribution in [3.63, 3.8) is 0 Å². The van der Waals surface area contributed by atoms with Crippen LogP contribution < -0.4 is 10.1 Å². The van der Waals surface area contributed by atoms with Gasteiger partial charge >= 0.3 is 0 Å². The molecule has 3 nitrogen and oxygen atoms in total. The van der Waals surface area contributed by atoms with Gasteiger partial charge in [0.2, 0.25) is 0 Å². The minimum absolute atomic E-state index is 0.403. The van der Waals surface area contributed by atoms with E-state index in [1.54, 1.807) is 0 Å². The molecule has 0 amide bonds. The average Bonchev–Trinajstić information content (AvgIpc) is 2.48. The van der Waals surface area contributed by atoms with E-state index >= 15 is 0 Å². The Kier molecular flexibility index (Phi) is 7.01. The van der Waals surface area contributed by atoms with Crippen LogP contribution in [0.15, 0.2) is 18.5 Å². The Morgan fingerprint density at radius 2 is 1.90 bits per heavy atom. The average molecular weight is 290 g/mol. The van der Waals surface area contributed by atoms with Crippen molar-refractivity contribution in [3.8, 4) is 5.75 Å². The van der Waals surface area contributed by atoms with Gasteiger partial charge in [0, 0.05) is 12.2 Å². The van der Waals surface area contributed by atoms with Crippen molar-refractivity contribution in [2.24, 2.45) is 5.92 Å². The van der Waals surface area contributed by atoms with Crippen LogP contribution >= 0.6 is 0 Å². The smallest absolute Gasteiger partial charge is 0.137 e. The van der Waals surface area contributed by atoms with Gasteiger partial charge in [-0.3, -0.25) is 4.98 Å². The molecule has 1 heterocycles. The summed E-state index contributed by atoms with van der Waals surface area (Å²) in [7, 11) is 2.07. The third-order valence-electron chi connectivity index (χ3n) is 4.50. The zero-order valence-electron chi connectivity index (χ0n) is 13.6. The van der Waals surface area contributed by atoms with Gasteiger partial charge in [0.15, 0.2) is 0 Å². The fourth-order valence-corrected chi connectivity index (χ4v) is 3.40. The maximum atomic E-state index is 5.73. The van der Waals surface area contributed by atoms with Gasteiger partial charge in [0.1, 0.15) is 5.75 Å². The summed E-state index contributed by atoms with van der Waals surface area (Å²) in [4.78, 5) is 4.38. The third-order valence-corrected chi connectivity index (χ3v) is 4.50. The van der Waals surface area contributed by atoms with Crippen LogP contribution in [-0.4, -0.2) is 18.6 Å². The summed E-state index contributed by atoms with van der Waals surface area (Å²) in [5.41, 5.74) is 1.27. The van der Waals surface area contributed by atoms with E-state index in [1.807, 2.05) is 12.4 Å². The molecule has 3 heteroatoms. The molecule has 1 aromatic heterocycles. The predicted molar refractivity (Wildman–Crippen MR) is 87.6 cm³/mol. The van der Waals surface area contributed by atoms with Gasteiger partial charge in [-0.05, 0) is 43.9 Å². The van der Waals surface area contributed by atoms with Crippen LogP contribution in [0.3, 0.4) is 0 Å². The molecular formula is C18H30N2O. The standard InChI is InChI=1S/C18H30N2O/c1-3-11-21-17-12-16(13-20-14-17)18(19-2)15-9-7-5-4-6-8-10-15/h12-15,18-19H,3-11H2,1-2H3. The van der Waals surface area contributed by atoms with Crippen LogP contribution in [0.25, 0.3) is 0 Å².